The van der Waals surface area contributed by atoms with Crippen molar-refractivity contribution in [1.82, 2.24) is 10.2 Å². The number of amides is 3. The lowest BCUT2D eigenvalue weighted by atomic mass is 10.1. The van der Waals surface area contributed by atoms with Crippen LogP contribution in [0.4, 0.5) is 11.4 Å². The van der Waals surface area contributed by atoms with Gasteiger partial charge in [0.05, 0.1) is 6.54 Å². The highest BCUT2D eigenvalue weighted by Gasteiger charge is 2.11. The lowest BCUT2D eigenvalue weighted by Gasteiger charge is -2.13. The van der Waals surface area contributed by atoms with E-state index in [-0.39, 0.29) is 30.3 Å². The summed E-state index contributed by atoms with van der Waals surface area (Å²) in [6, 6.07) is 13.8. The van der Waals surface area contributed by atoms with Crippen LogP contribution in [0.25, 0.3) is 0 Å². The number of benzene rings is 2. The molecule has 0 radical (unpaired) electrons. The normalized spacial score (nSPS) is 11.3. The van der Waals surface area contributed by atoms with E-state index in [1.165, 1.54) is 4.90 Å². The number of hydrogen-bond acceptors (Lipinski definition) is 4. The van der Waals surface area contributed by atoms with Gasteiger partial charge >= 0.3 is 0 Å². The van der Waals surface area contributed by atoms with Gasteiger partial charge in [0.15, 0.2) is 0 Å². The van der Waals surface area contributed by atoms with Crippen molar-refractivity contribution in [2.75, 3.05) is 31.3 Å². The van der Waals surface area contributed by atoms with Crippen LogP contribution in [0, 0.1) is 0 Å². The molecular formula is C22H28N4O3. The van der Waals surface area contributed by atoms with E-state index in [0.29, 0.717) is 16.8 Å². The Bertz CT molecular complexity index is 863. The molecule has 0 aliphatic rings. The number of nitrogens with zero attached hydrogens (tertiary/aromatic N) is 1. The number of hydrogen-bond donors (Lipinski definition) is 3. The third kappa shape index (κ3) is 6.64. The molecule has 0 spiro atoms. The lowest BCUT2D eigenvalue weighted by molar-refractivity contribution is -0.114. The molecular weight excluding hydrogens is 368 g/mol. The predicted octanol–water partition coefficient (Wildman–Crippen LogP) is 2.97. The molecule has 154 valence electrons. The minimum atomic E-state index is -0.238. The van der Waals surface area contributed by atoms with Crippen LogP contribution in [-0.4, -0.2) is 49.3 Å². The van der Waals surface area contributed by atoms with Gasteiger partial charge in [-0.25, -0.2) is 0 Å². The van der Waals surface area contributed by atoms with Crippen molar-refractivity contribution in [3.8, 4) is 0 Å². The predicted molar refractivity (Wildman–Crippen MR) is 115 cm³/mol. The molecule has 1 unspecified atom stereocenters. The quantitative estimate of drug-likeness (QED) is 0.640. The zero-order valence-electron chi connectivity index (χ0n) is 17.3. The fourth-order valence-electron chi connectivity index (χ4n) is 2.52. The van der Waals surface area contributed by atoms with Crippen LogP contribution in [0.5, 0.6) is 0 Å². The Labute approximate surface area is 171 Å². The van der Waals surface area contributed by atoms with Gasteiger partial charge in [0.1, 0.15) is 0 Å². The number of rotatable bonds is 8. The number of nitrogens with one attached hydrogen (secondary N) is 3. The second-order valence-corrected chi connectivity index (χ2v) is 7.04. The first kappa shape index (κ1) is 21.9. The topological polar surface area (TPSA) is 90.5 Å². The van der Waals surface area contributed by atoms with Crippen molar-refractivity contribution in [2.45, 2.75) is 26.3 Å². The fourth-order valence-corrected chi connectivity index (χ4v) is 2.52. The maximum Gasteiger partial charge on any atom is 0.253 e. The molecule has 0 aliphatic heterocycles. The summed E-state index contributed by atoms with van der Waals surface area (Å²) >= 11 is 0. The van der Waals surface area contributed by atoms with E-state index >= 15 is 0 Å². The second kappa shape index (κ2) is 10.3. The summed E-state index contributed by atoms with van der Waals surface area (Å²) < 4.78 is 0. The monoisotopic (exact) mass is 396 g/mol. The number of carbonyl (C=O) groups is 3. The Hall–Kier alpha value is -3.35. The fraction of sp³-hybridized carbons (Fsp3) is 0.318. The van der Waals surface area contributed by atoms with E-state index in [0.717, 1.165) is 12.1 Å². The number of anilines is 2. The molecule has 7 nitrogen and oxygen atoms in total. The van der Waals surface area contributed by atoms with Crippen LogP contribution < -0.4 is 16.0 Å². The molecule has 3 N–H and O–H groups in total. The summed E-state index contributed by atoms with van der Waals surface area (Å²) in [4.78, 5) is 37.8. The lowest BCUT2D eigenvalue weighted by Crippen LogP contribution is -2.32. The van der Waals surface area contributed by atoms with Crippen molar-refractivity contribution in [3.63, 3.8) is 0 Å². The van der Waals surface area contributed by atoms with Crippen molar-refractivity contribution < 1.29 is 14.4 Å². The maximum absolute atomic E-state index is 12.2. The Morgan fingerprint density at radius 2 is 1.66 bits per heavy atom. The molecule has 0 bridgehead atoms. The molecule has 0 heterocycles. The molecule has 2 aromatic carbocycles. The first-order valence-corrected chi connectivity index (χ1v) is 9.56. The van der Waals surface area contributed by atoms with Gasteiger partial charge in [0.2, 0.25) is 5.91 Å². The van der Waals surface area contributed by atoms with E-state index < -0.39 is 0 Å². The molecule has 0 aliphatic carbocycles. The Kier molecular flexibility index (Phi) is 7.77. The zero-order valence-corrected chi connectivity index (χ0v) is 17.3. The minimum absolute atomic E-state index is 0.0598. The van der Waals surface area contributed by atoms with Crippen molar-refractivity contribution in [3.05, 3.63) is 59.7 Å². The average Bonchev–Trinajstić information content (AvgIpc) is 2.72. The van der Waals surface area contributed by atoms with Gasteiger partial charge in [-0.05, 0) is 55.8 Å². The largest absolute Gasteiger partial charge is 0.376 e. The second-order valence-electron chi connectivity index (χ2n) is 7.04. The van der Waals surface area contributed by atoms with E-state index in [4.69, 9.17) is 0 Å². The van der Waals surface area contributed by atoms with E-state index in [9.17, 15) is 14.4 Å². The van der Waals surface area contributed by atoms with Crippen molar-refractivity contribution in [2.24, 2.45) is 0 Å². The van der Waals surface area contributed by atoms with Gasteiger partial charge in [-0.2, -0.15) is 0 Å². The Morgan fingerprint density at radius 3 is 2.28 bits per heavy atom. The highest BCUT2D eigenvalue weighted by molar-refractivity contribution is 5.98. The van der Waals surface area contributed by atoms with E-state index in [1.807, 2.05) is 13.8 Å². The summed E-state index contributed by atoms with van der Waals surface area (Å²) in [6.07, 6.45) is 0.845. The molecule has 1 atom stereocenters. The molecule has 29 heavy (non-hydrogen) atoms. The zero-order chi connectivity index (χ0) is 21.4. The van der Waals surface area contributed by atoms with Gasteiger partial charge in [0.25, 0.3) is 11.8 Å². The van der Waals surface area contributed by atoms with Gasteiger partial charge in [0, 0.05) is 42.6 Å². The minimum Gasteiger partial charge on any atom is -0.376 e. The Balaban J connectivity index is 1.90. The van der Waals surface area contributed by atoms with E-state index in [2.05, 4.69) is 16.0 Å². The third-order valence-electron chi connectivity index (χ3n) is 4.39. The summed E-state index contributed by atoms with van der Waals surface area (Å²) in [5.41, 5.74) is 2.37. The number of carbonyl (C=O) groups excluding carboxylic acids is 3. The summed E-state index contributed by atoms with van der Waals surface area (Å²) in [5, 5.41) is 8.69. The van der Waals surface area contributed by atoms with Crippen molar-refractivity contribution >= 4 is 29.1 Å². The summed E-state index contributed by atoms with van der Waals surface area (Å²) in [7, 11) is 3.39. The molecule has 0 fully saturated rings. The molecule has 7 heteroatoms. The van der Waals surface area contributed by atoms with Crippen LogP contribution in [0.1, 0.15) is 41.0 Å². The Morgan fingerprint density at radius 1 is 0.966 bits per heavy atom. The first-order chi connectivity index (χ1) is 13.8. The van der Waals surface area contributed by atoms with Gasteiger partial charge < -0.3 is 20.9 Å². The SMILES string of the molecule is CCC(C)NC(=O)c1cccc(NC(=O)CNc2ccc(C(=O)N(C)C)cc2)c1. The molecule has 0 saturated heterocycles. The maximum atomic E-state index is 12.2. The smallest absolute Gasteiger partial charge is 0.253 e. The standard InChI is InChI=1S/C22H28N4O3/c1-5-15(2)24-21(28)17-7-6-8-19(13-17)25-20(27)14-23-18-11-9-16(10-12-18)22(29)26(3)4/h6-13,15,23H,5,14H2,1-4H3,(H,24,28)(H,25,27). The van der Waals surface area contributed by atoms with Gasteiger partial charge in [-0.3, -0.25) is 14.4 Å². The highest BCUT2D eigenvalue weighted by Crippen LogP contribution is 2.13. The molecule has 0 saturated carbocycles. The van der Waals surface area contributed by atoms with Crippen LogP contribution in [0.15, 0.2) is 48.5 Å². The van der Waals surface area contributed by atoms with Crippen LogP contribution in [0.2, 0.25) is 0 Å². The van der Waals surface area contributed by atoms with E-state index in [1.54, 1.807) is 62.6 Å². The summed E-state index contributed by atoms with van der Waals surface area (Å²) in [5.74, 6) is -0.481. The average molecular weight is 396 g/mol. The molecule has 0 aromatic heterocycles. The first-order valence-electron chi connectivity index (χ1n) is 9.56. The molecule has 2 aromatic rings. The van der Waals surface area contributed by atoms with Crippen LogP contribution in [0.3, 0.4) is 0 Å². The van der Waals surface area contributed by atoms with Gasteiger partial charge in [-0.1, -0.05) is 13.0 Å². The highest BCUT2D eigenvalue weighted by atomic mass is 16.2. The summed E-state index contributed by atoms with van der Waals surface area (Å²) in [6.45, 7) is 4.00. The van der Waals surface area contributed by atoms with Crippen LogP contribution in [-0.2, 0) is 4.79 Å². The molecule has 3 amide bonds. The molecule has 2 rings (SSSR count). The van der Waals surface area contributed by atoms with Crippen LogP contribution >= 0.6 is 0 Å². The van der Waals surface area contributed by atoms with Crippen molar-refractivity contribution in [1.29, 1.82) is 0 Å². The van der Waals surface area contributed by atoms with Gasteiger partial charge in [-0.15, -0.1) is 0 Å². The third-order valence-corrected chi connectivity index (χ3v) is 4.39.